The van der Waals surface area contributed by atoms with E-state index in [-0.39, 0.29) is 5.97 Å². The molecule has 26 heavy (non-hydrogen) atoms. The van der Waals surface area contributed by atoms with Gasteiger partial charge >= 0.3 is 5.97 Å². The van der Waals surface area contributed by atoms with E-state index in [4.69, 9.17) is 4.74 Å². The second-order valence-electron chi connectivity index (χ2n) is 10.5. The number of carbonyl (C=O) groups excluding carboxylic acids is 1. The highest BCUT2D eigenvalue weighted by Crippen LogP contribution is 2.67. The van der Waals surface area contributed by atoms with Crippen LogP contribution in [0.15, 0.2) is 11.6 Å². The van der Waals surface area contributed by atoms with Crippen LogP contribution in [-0.4, -0.2) is 12.6 Å². The van der Waals surface area contributed by atoms with Gasteiger partial charge in [0.2, 0.25) is 0 Å². The van der Waals surface area contributed by atoms with Crippen LogP contribution in [0, 0.1) is 40.4 Å². The number of allylic oxidation sites excluding steroid dienone is 2. The number of esters is 1. The molecule has 0 amide bonds. The highest BCUT2D eigenvalue weighted by molar-refractivity contribution is 5.65. The molecule has 0 bridgehead atoms. The number of rotatable bonds is 3. The molecule has 4 rings (SSSR count). The smallest absolute Gasteiger partial charge is 0.302 e. The standard InChI is InChI=1S/C24H38O2/c1-16(15-26-17(2)25)20-10-11-21-19-9-8-18-7-5-6-13-23(18,3)22(19)12-14-24(20,21)4/h8,16,19-22H,5-7,9-15H2,1-4H3/t16-,19+,20-,21+,22+,23+,24-/m1/s1. The predicted octanol–water partition coefficient (Wildman–Crippen LogP) is 6.15. The molecule has 3 saturated carbocycles. The molecule has 0 N–H and O–H groups in total. The summed E-state index contributed by atoms with van der Waals surface area (Å²) in [4.78, 5) is 11.3. The Hall–Kier alpha value is -0.790. The molecule has 2 heteroatoms. The fraction of sp³-hybridized carbons (Fsp3) is 0.875. The predicted molar refractivity (Wildman–Crippen MR) is 106 cm³/mol. The molecule has 0 aliphatic heterocycles. The summed E-state index contributed by atoms with van der Waals surface area (Å²) in [6.45, 7) is 9.65. The number of ether oxygens (including phenoxy) is 1. The van der Waals surface area contributed by atoms with Crippen LogP contribution in [0.2, 0.25) is 0 Å². The summed E-state index contributed by atoms with van der Waals surface area (Å²) in [5.41, 5.74) is 2.77. The zero-order chi connectivity index (χ0) is 18.5. The van der Waals surface area contributed by atoms with Gasteiger partial charge in [-0.1, -0.05) is 38.8 Å². The van der Waals surface area contributed by atoms with Gasteiger partial charge in [-0.25, -0.2) is 0 Å². The zero-order valence-corrected chi connectivity index (χ0v) is 17.4. The molecule has 0 spiro atoms. The third-order valence-electron chi connectivity index (χ3n) is 9.33. The first kappa shape index (κ1) is 18.6. The highest BCUT2D eigenvalue weighted by atomic mass is 16.5. The molecular formula is C24H38O2. The van der Waals surface area contributed by atoms with Gasteiger partial charge in [0.25, 0.3) is 0 Å². The van der Waals surface area contributed by atoms with Gasteiger partial charge in [-0.15, -0.1) is 0 Å². The van der Waals surface area contributed by atoms with Gasteiger partial charge in [0, 0.05) is 6.92 Å². The van der Waals surface area contributed by atoms with Gasteiger partial charge in [-0.3, -0.25) is 4.79 Å². The average molecular weight is 359 g/mol. The number of carbonyl (C=O) groups is 1. The first-order valence-corrected chi connectivity index (χ1v) is 11.2. The Kier molecular flexibility index (Phi) is 4.77. The van der Waals surface area contributed by atoms with Gasteiger partial charge in [0.05, 0.1) is 6.61 Å². The minimum atomic E-state index is -0.129. The maximum Gasteiger partial charge on any atom is 0.302 e. The lowest BCUT2D eigenvalue weighted by molar-refractivity contribution is -0.143. The van der Waals surface area contributed by atoms with Crippen molar-refractivity contribution < 1.29 is 9.53 Å². The van der Waals surface area contributed by atoms with Gasteiger partial charge in [-0.05, 0) is 91.8 Å². The maximum absolute atomic E-state index is 11.3. The molecule has 0 saturated heterocycles. The fourth-order valence-electron chi connectivity index (χ4n) is 8.04. The molecular weight excluding hydrogens is 320 g/mol. The Labute approximate surface area is 160 Å². The SMILES string of the molecule is CC(=O)OC[C@@H](C)[C@H]1CC[C@H]2[C@@H]3CC=C4CCCC[C@]4(C)[C@H]3CC[C@]12C. The molecule has 0 aromatic carbocycles. The van der Waals surface area contributed by atoms with Crippen LogP contribution in [0.1, 0.15) is 85.5 Å². The molecule has 0 aromatic heterocycles. The Bertz CT molecular complexity index is 593. The summed E-state index contributed by atoms with van der Waals surface area (Å²) in [6.07, 6.45) is 15.2. The summed E-state index contributed by atoms with van der Waals surface area (Å²) in [6, 6.07) is 0. The molecule has 0 unspecified atom stereocenters. The lowest BCUT2D eigenvalue weighted by Crippen LogP contribution is -2.50. The van der Waals surface area contributed by atoms with Crippen LogP contribution in [0.5, 0.6) is 0 Å². The Balaban J connectivity index is 1.54. The molecule has 4 aliphatic rings. The molecule has 4 aliphatic carbocycles. The van der Waals surface area contributed by atoms with Crippen LogP contribution in [0.25, 0.3) is 0 Å². The van der Waals surface area contributed by atoms with E-state index in [1.807, 2.05) is 5.57 Å². The van der Waals surface area contributed by atoms with E-state index in [0.717, 1.165) is 23.7 Å². The summed E-state index contributed by atoms with van der Waals surface area (Å²) < 4.78 is 5.39. The van der Waals surface area contributed by atoms with Gasteiger partial charge in [-0.2, -0.15) is 0 Å². The van der Waals surface area contributed by atoms with Crippen LogP contribution in [-0.2, 0) is 9.53 Å². The Morgan fingerprint density at radius 2 is 2.00 bits per heavy atom. The lowest BCUT2D eigenvalue weighted by atomic mass is 9.47. The van der Waals surface area contributed by atoms with Gasteiger partial charge in [0.1, 0.15) is 0 Å². The highest BCUT2D eigenvalue weighted by Gasteiger charge is 2.58. The van der Waals surface area contributed by atoms with Crippen LogP contribution in [0.3, 0.4) is 0 Å². The topological polar surface area (TPSA) is 26.3 Å². The van der Waals surface area contributed by atoms with Crippen molar-refractivity contribution in [3.05, 3.63) is 11.6 Å². The summed E-state index contributed by atoms with van der Waals surface area (Å²) in [5.74, 6) is 3.77. The molecule has 7 atom stereocenters. The minimum absolute atomic E-state index is 0.129. The normalized spacial score (nSPS) is 45.8. The minimum Gasteiger partial charge on any atom is -0.466 e. The maximum atomic E-state index is 11.3. The number of hydrogen-bond acceptors (Lipinski definition) is 2. The van der Waals surface area contributed by atoms with Gasteiger partial charge < -0.3 is 4.74 Å². The van der Waals surface area contributed by atoms with Crippen molar-refractivity contribution in [3.63, 3.8) is 0 Å². The Morgan fingerprint density at radius 1 is 1.19 bits per heavy atom. The van der Waals surface area contributed by atoms with Crippen LogP contribution >= 0.6 is 0 Å². The van der Waals surface area contributed by atoms with Gasteiger partial charge in [0.15, 0.2) is 0 Å². The van der Waals surface area contributed by atoms with Crippen molar-refractivity contribution >= 4 is 5.97 Å². The largest absolute Gasteiger partial charge is 0.466 e. The van der Waals surface area contributed by atoms with Crippen molar-refractivity contribution in [2.45, 2.75) is 85.5 Å². The van der Waals surface area contributed by atoms with E-state index in [0.29, 0.717) is 23.4 Å². The third-order valence-corrected chi connectivity index (χ3v) is 9.33. The number of hydrogen-bond donors (Lipinski definition) is 0. The molecule has 0 heterocycles. The molecule has 3 fully saturated rings. The van der Waals surface area contributed by atoms with Crippen molar-refractivity contribution in [2.75, 3.05) is 6.61 Å². The van der Waals surface area contributed by atoms with Crippen molar-refractivity contribution in [2.24, 2.45) is 40.4 Å². The summed E-state index contributed by atoms with van der Waals surface area (Å²) >= 11 is 0. The van der Waals surface area contributed by atoms with E-state index in [1.54, 1.807) is 0 Å². The number of fused-ring (bicyclic) bond motifs is 5. The Morgan fingerprint density at radius 3 is 2.77 bits per heavy atom. The quantitative estimate of drug-likeness (QED) is 0.446. The van der Waals surface area contributed by atoms with E-state index in [9.17, 15) is 4.79 Å². The molecule has 2 nitrogen and oxygen atoms in total. The second-order valence-corrected chi connectivity index (χ2v) is 10.5. The van der Waals surface area contributed by atoms with E-state index >= 15 is 0 Å². The first-order valence-electron chi connectivity index (χ1n) is 11.2. The second kappa shape index (κ2) is 6.67. The van der Waals surface area contributed by atoms with Crippen molar-refractivity contribution in [3.8, 4) is 0 Å². The lowest BCUT2D eigenvalue weighted by Gasteiger charge is -2.58. The van der Waals surface area contributed by atoms with Crippen LogP contribution in [0.4, 0.5) is 0 Å². The molecule has 146 valence electrons. The van der Waals surface area contributed by atoms with Crippen molar-refractivity contribution in [1.29, 1.82) is 0 Å². The zero-order valence-electron chi connectivity index (χ0n) is 17.4. The monoisotopic (exact) mass is 358 g/mol. The van der Waals surface area contributed by atoms with E-state index in [1.165, 1.54) is 64.7 Å². The van der Waals surface area contributed by atoms with Crippen molar-refractivity contribution in [1.82, 2.24) is 0 Å². The third kappa shape index (κ3) is 2.78. The summed E-state index contributed by atoms with van der Waals surface area (Å²) in [7, 11) is 0. The van der Waals surface area contributed by atoms with E-state index < -0.39 is 0 Å². The van der Waals surface area contributed by atoms with E-state index in [2.05, 4.69) is 26.8 Å². The summed E-state index contributed by atoms with van der Waals surface area (Å²) in [5, 5.41) is 0. The molecule has 0 aromatic rings. The fourth-order valence-corrected chi connectivity index (χ4v) is 8.04. The average Bonchev–Trinajstić information content (AvgIpc) is 2.96. The first-order chi connectivity index (χ1) is 12.4. The van der Waals surface area contributed by atoms with Crippen LogP contribution < -0.4 is 0 Å². The molecule has 0 radical (unpaired) electrons.